The van der Waals surface area contributed by atoms with Gasteiger partial charge in [0.05, 0.1) is 5.56 Å². The summed E-state index contributed by atoms with van der Waals surface area (Å²) < 4.78 is 0. The molecule has 0 aromatic heterocycles. The van der Waals surface area contributed by atoms with Gasteiger partial charge in [0.25, 0.3) is 0 Å². The topological polar surface area (TPSA) is 46.5 Å². The summed E-state index contributed by atoms with van der Waals surface area (Å²) in [5, 5.41) is 8.41. The molecule has 3 nitrogen and oxygen atoms in total. The smallest absolute Gasteiger partial charge is 0.296 e. The van der Waals surface area contributed by atoms with E-state index in [0.29, 0.717) is 5.02 Å². The van der Waals surface area contributed by atoms with Gasteiger partial charge in [0.2, 0.25) is 0 Å². The van der Waals surface area contributed by atoms with Crippen molar-refractivity contribution < 1.29 is 14.9 Å². The number of carbonyl (C=O) groups excluding carboxylic acids is 1. The molecular weight excluding hydrogens is 231 g/mol. The van der Waals surface area contributed by atoms with Gasteiger partial charge in [0, 0.05) is 5.02 Å². The summed E-state index contributed by atoms with van der Waals surface area (Å²) in [7, 11) is 1.44. The first-order valence-electron chi connectivity index (χ1n) is 3.14. The average Bonchev–Trinajstić information content (AvgIpc) is 2.20. The average molecular weight is 239 g/mol. The summed E-state index contributed by atoms with van der Waals surface area (Å²) in [5.41, 5.74) is 0.222. The Morgan fingerprint density at radius 2 is 2.15 bits per heavy atom. The predicted octanol–water partition coefficient (Wildman–Crippen LogP) is 2.03. The Balaban J connectivity index is 0.000000671. The predicted molar refractivity (Wildman–Crippen MR) is 58.0 cm³/mol. The molecule has 1 N–H and O–H groups in total. The molecule has 1 atom stereocenters. The van der Waals surface area contributed by atoms with Gasteiger partial charge in [-0.1, -0.05) is 25.7 Å². The van der Waals surface area contributed by atoms with Crippen LogP contribution >= 0.6 is 19.6 Å². The molecule has 0 amide bonds. The minimum atomic E-state index is -0.813. The molecule has 0 fully saturated rings. The molecule has 1 aromatic rings. The van der Waals surface area contributed by atoms with Crippen LogP contribution in [0.4, 0.5) is 0 Å². The van der Waals surface area contributed by atoms with Crippen molar-refractivity contribution in [2.24, 2.45) is 0 Å². The monoisotopic (exact) mass is 238 g/mol. The third-order valence-electron chi connectivity index (χ3n) is 1.14. The molecule has 72 valence electrons. The Hall–Kier alpha value is -0.410. The maximum Gasteiger partial charge on any atom is 0.372 e. The van der Waals surface area contributed by atoms with Crippen LogP contribution in [0.25, 0.3) is 0 Å². The number of benzene rings is 1. The summed E-state index contributed by atoms with van der Waals surface area (Å²) in [4.78, 5) is 14.1. The first-order valence-corrected chi connectivity index (χ1v) is 5.83. The van der Waals surface area contributed by atoms with Crippen molar-refractivity contribution in [1.29, 1.82) is 0 Å². The maximum atomic E-state index is 10.6. The first kappa shape index (κ1) is 12.6. The first-order chi connectivity index (χ1) is 6.24. The second-order valence-electron chi connectivity index (χ2n) is 1.89. The molecule has 0 saturated carbocycles. The highest BCUT2D eigenvalue weighted by molar-refractivity contribution is 7.88. The summed E-state index contributed by atoms with van der Waals surface area (Å²) in [6.45, 7) is 0. The fourth-order valence-electron chi connectivity index (χ4n) is 0.668. The lowest BCUT2D eigenvalue weighted by Crippen LogP contribution is -2.00. The Kier molecular flexibility index (Phi) is 6.82. The fourth-order valence-corrected chi connectivity index (χ4v) is 0.858. The van der Waals surface area contributed by atoms with Gasteiger partial charge in [-0.2, -0.15) is 5.26 Å². The molecule has 0 spiro atoms. The van der Waals surface area contributed by atoms with Gasteiger partial charge in [0.1, 0.15) is 0 Å². The van der Waals surface area contributed by atoms with E-state index >= 15 is 0 Å². The van der Waals surface area contributed by atoms with Crippen LogP contribution in [-0.4, -0.2) is 11.2 Å². The zero-order valence-corrected chi connectivity index (χ0v) is 9.55. The molecule has 0 aliphatic carbocycles. The second kappa shape index (κ2) is 7.04. The Bertz CT molecular complexity index is 295. The second-order valence-corrected chi connectivity index (χ2v) is 2.33. The molecular formula is C7H8ClO3PS. The Morgan fingerprint density at radius 3 is 2.62 bits per heavy atom. The van der Waals surface area contributed by atoms with Crippen molar-refractivity contribution in [3.05, 3.63) is 34.9 Å². The quantitative estimate of drug-likeness (QED) is 0.462. The number of carbonyl (C=O) groups is 1. The Labute approximate surface area is 87.5 Å². The zero-order valence-electron chi connectivity index (χ0n) is 6.57. The maximum absolute atomic E-state index is 10.6. The third kappa shape index (κ3) is 4.39. The van der Waals surface area contributed by atoms with Gasteiger partial charge in [-0.15, -0.1) is 11.8 Å². The van der Waals surface area contributed by atoms with Crippen LogP contribution in [0.5, 0.6) is 0 Å². The summed E-state index contributed by atoms with van der Waals surface area (Å²) in [5.74, 6) is -0.813. The molecule has 1 rings (SSSR count). The fraction of sp³-hybridized carbons (Fsp3) is 0. The summed E-state index contributed by atoms with van der Waals surface area (Å²) in [6.07, 6.45) is 0. The van der Waals surface area contributed by atoms with Crippen molar-refractivity contribution in [2.75, 3.05) is 0 Å². The molecule has 0 saturated heterocycles. The zero-order chi connectivity index (χ0) is 10.3. The van der Waals surface area contributed by atoms with Crippen molar-refractivity contribution in [2.45, 2.75) is 0 Å². The molecule has 1 unspecified atom stereocenters. The van der Waals surface area contributed by atoms with Gasteiger partial charge in [-0.3, -0.25) is 4.89 Å². The lowest BCUT2D eigenvalue weighted by atomic mass is 10.2. The van der Waals surface area contributed by atoms with Crippen LogP contribution in [-0.2, 0) is 16.7 Å². The number of hydrogen-bond donors (Lipinski definition) is 1. The van der Waals surface area contributed by atoms with E-state index in [-0.39, 0.29) is 5.56 Å². The van der Waals surface area contributed by atoms with Gasteiger partial charge in [-0.25, -0.2) is 4.79 Å². The van der Waals surface area contributed by atoms with Crippen LogP contribution < -0.4 is 0 Å². The number of halogens is 1. The molecule has 0 bridgehead atoms. The lowest BCUT2D eigenvalue weighted by Gasteiger charge is -1.95. The molecule has 0 aliphatic rings. The van der Waals surface area contributed by atoms with E-state index in [1.807, 2.05) is 0 Å². The standard InChI is InChI=1S/C7H5ClO3.H3PS/c8-6-3-1-2-5(4-6)7(9)11-10;1-2/h1-4,10H;1H3. The molecule has 13 heavy (non-hydrogen) atoms. The normalized spacial score (nSPS) is 8.46. The van der Waals surface area contributed by atoms with E-state index in [4.69, 9.17) is 16.9 Å². The molecule has 6 heteroatoms. The third-order valence-corrected chi connectivity index (χ3v) is 1.38. The van der Waals surface area contributed by atoms with Crippen molar-refractivity contribution in [3.63, 3.8) is 0 Å². The van der Waals surface area contributed by atoms with Crippen molar-refractivity contribution in [3.8, 4) is 0 Å². The highest BCUT2D eigenvalue weighted by Crippen LogP contribution is 2.10. The van der Waals surface area contributed by atoms with Crippen LogP contribution in [0.1, 0.15) is 10.4 Å². The van der Waals surface area contributed by atoms with Crippen molar-refractivity contribution >= 4 is 37.4 Å². The van der Waals surface area contributed by atoms with Crippen LogP contribution in [0.3, 0.4) is 0 Å². The molecule has 1 aromatic carbocycles. The summed E-state index contributed by atoms with van der Waals surface area (Å²) >= 11 is 9.67. The Morgan fingerprint density at radius 1 is 1.54 bits per heavy atom. The highest BCUT2D eigenvalue weighted by atomic mass is 35.5. The number of hydrogen-bond acceptors (Lipinski definition) is 4. The van der Waals surface area contributed by atoms with E-state index < -0.39 is 5.97 Å². The minimum Gasteiger partial charge on any atom is -0.296 e. The van der Waals surface area contributed by atoms with E-state index in [2.05, 4.69) is 16.7 Å². The minimum absolute atomic E-state index is 0.222. The van der Waals surface area contributed by atoms with Crippen molar-refractivity contribution in [1.82, 2.24) is 0 Å². The SMILES string of the molecule is O=C(OO)c1cccc(Cl)c1.[PH3]=S. The van der Waals surface area contributed by atoms with Crippen LogP contribution in [0, 0.1) is 0 Å². The highest BCUT2D eigenvalue weighted by Gasteiger charge is 2.05. The lowest BCUT2D eigenvalue weighted by molar-refractivity contribution is -0.182. The van der Waals surface area contributed by atoms with Gasteiger partial charge < -0.3 is 0 Å². The van der Waals surface area contributed by atoms with Crippen LogP contribution in [0.2, 0.25) is 5.02 Å². The molecule has 0 heterocycles. The van der Waals surface area contributed by atoms with Crippen LogP contribution in [0.15, 0.2) is 24.3 Å². The molecule has 0 radical (unpaired) electrons. The van der Waals surface area contributed by atoms with Gasteiger partial charge in [-0.05, 0) is 18.2 Å². The molecule has 0 aliphatic heterocycles. The number of rotatable bonds is 1. The van der Waals surface area contributed by atoms with E-state index in [1.165, 1.54) is 20.1 Å². The van der Waals surface area contributed by atoms with E-state index in [9.17, 15) is 4.79 Å². The summed E-state index contributed by atoms with van der Waals surface area (Å²) in [6, 6.07) is 6.11. The largest absolute Gasteiger partial charge is 0.372 e. The van der Waals surface area contributed by atoms with Gasteiger partial charge >= 0.3 is 5.97 Å². The van der Waals surface area contributed by atoms with Gasteiger partial charge in [0.15, 0.2) is 0 Å². The van der Waals surface area contributed by atoms with E-state index in [0.717, 1.165) is 0 Å². The van der Waals surface area contributed by atoms with E-state index in [1.54, 1.807) is 12.1 Å².